The molecule has 120 valence electrons. The first-order chi connectivity index (χ1) is 10.3. The smallest absolute Gasteiger partial charge is 0.330 e. The molecule has 1 unspecified atom stereocenters. The summed E-state index contributed by atoms with van der Waals surface area (Å²) >= 11 is 0. The molecular weight excluding hydrogens is 288 g/mol. The van der Waals surface area contributed by atoms with Gasteiger partial charge in [-0.2, -0.15) is 0 Å². The molecule has 0 amide bonds. The van der Waals surface area contributed by atoms with E-state index in [1.165, 1.54) is 14.0 Å². The molecule has 6 nitrogen and oxygen atoms in total. The highest BCUT2D eigenvalue weighted by molar-refractivity contribution is 5.81. The van der Waals surface area contributed by atoms with E-state index in [9.17, 15) is 14.7 Å². The molecule has 1 rings (SSSR count). The number of rotatable bonds is 6. The van der Waals surface area contributed by atoms with Gasteiger partial charge in [-0.1, -0.05) is 31.4 Å². The maximum absolute atomic E-state index is 10.8. The SMILES string of the molecule is C=CC(=O)OC.C=CC(=O)OCC(C)(O)Oc1ccccc1. The van der Waals surface area contributed by atoms with Crippen LogP contribution in [0, 0.1) is 0 Å². The highest BCUT2D eigenvalue weighted by Gasteiger charge is 2.24. The molecule has 0 fully saturated rings. The van der Waals surface area contributed by atoms with Crippen molar-refractivity contribution in [1.29, 1.82) is 0 Å². The van der Waals surface area contributed by atoms with Gasteiger partial charge in [0, 0.05) is 19.1 Å². The van der Waals surface area contributed by atoms with Crippen LogP contribution in [0.1, 0.15) is 6.92 Å². The van der Waals surface area contributed by atoms with Crippen molar-refractivity contribution < 1.29 is 28.9 Å². The van der Waals surface area contributed by atoms with Crippen LogP contribution >= 0.6 is 0 Å². The van der Waals surface area contributed by atoms with Gasteiger partial charge in [0.15, 0.2) is 6.61 Å². The third-order valence-corrected chi connectivity index (χ3v) is 2.10. The molecule has 0 bridgehead atoms. The van der Waals surface area contributed by atoms with Crippen molar-refractivity contribution in [2.45, 2.75) is 12.7 Å². The fourth-order valence-electron chi connectivity index (χ4n) is 1.12. The van der Waals surface area contributed by atoms with Crippen LogP contribution in [0.2, 0.25) is 0 Å². The van der Waals surface area contributed by atoms with Gasteiger partial charge in [-0.05, 0) is 12.1 Å². The number of benzene rings is 1. The number of carbonyl (C=O) groups excluding carboxylic acids is 2. The van der Waals surface area contributed by atoms with E-state index in [0.29, 0.717) is 5.75 Å². The Balaban J connectivity index is 0.000000626. The molecule has 0 heterocycles. The monoisotopic (exact) mass is 308 g/mol. The predicted molar refractivity (Wildman–Crippen MR) is 81.1 cm³/mol. The number of aliphatic hydroxyl groups is 1. The van der Waals surface area contributed by atoms with Gasteiger partial charge in [-0.25, -0.2) is 9.59 Å². The van der Waals surface area contributed by atoms with Crippen LogP contribution in [-0.2, 0) is 19.1 Å². The quantitative estimate of drug-likeness (QED) is 0.490. The Bertz CT molecular complexity index is 493. The lowest BCUT2D eigenvalue weighted by atomic mass is 10.3. The summed E-state index contributed by atoms with van der Waals surface area (Å²) in [5.41, 5.74) is 0. The van der Waals surface area contributed by atoms with Crippen molar-refractivity contribution in [2.24, 2.45) is 0 Å². The molecule has 6 heteroatoms. The minimum atomic E-state index is -1.56. The second-order valence-electron chi connectivity index (χ2n) is 4.13. The van der Waals surface area contributed by atoms with Gasteiger partial charge < -0.3 is 19.3 Å². The maximum atomic E-state index is 10.8. The van der Waals surface area contributed by atoms with E-state index in [2.05, 4.69) is 17.9 Å². The summed E-state index contributed by atoms with van der Waals surface area (Å²) in [6.07, 6.45) is 2.14. The van der Waals surface area contributed by atoms with E-state index < -0.39 is 17.7 Å². The number of carbonyl (C=O) groups is 2. The van der Waals surface area contributed by atoms with E-state index in [1.807, 2.05) is 6.07 Å². The highest BCUT2D eigenvalue weighted by Crippen LogP contribution is 2.16. The molecule has 1 aromatic rings. The zero-order valence-corrected chi connectivity index (χ0v) is 12.7. The molecule has 1 N–H and O–H groups in total. The maximum Gasteiger partial charge on any atom is 0.330 e. The lowest BCUT2D eigenvalue weighted by Crippen LogP contribution is -2.38. The van der Waals surface area contributed by atoms with Crippen molar-refractivity contribution >= 4 is 11.9 Å². The van der Waals surface area contributed by atoms with E-state index in [0.717, 1.165) is 12.2 Å². The first kappa shape index (κ1) is 19.4. The zero-order valence-electron chi connectivity index (χ0n) is 12.7. The summed E-state index contributed by atoms with van der Waals surface area (Å²) in [6.45, 7) is 7.56. The summed E-state index contributed by atoms with van der Waals surface area (Å²) < 4.78 is 14.1. The molecule has 0 spiro atoms. The molecule has 22 heavy (non-hydrogen) atoms. The fraction of sp³-hybridized carbons (Fsp3) is 0.250. The van der Waals surface area contributed by atoms with Gasteiger partial charge in [-0.3, -0.25) is 0 Å². The number of ether oxygens (including phenoxy) is 3. The average Bonchev–Trinajstić information content (AvgIpc) is 2.53. The standard InChI is InChI=1S/C12H14O4.C4H6O2/c1-3-11(13)15-9-12(2,14)16-10-7-5-4-6-8-10;1-3-4(5)6-2/h3-8,14H,1,9H2,2H3;3H,1H2,2H3. The normalized spacial score (nSPS) is 11.8. The number of para-hydroxylation sites is 1. The highest BCUT2D eigenvalue weighted by atomic mass is 16.7. The molecule has 0 saturated heterocycles. The van der Waals surface area contributed by atoms with Gasteiger partial charge in [0.2, 0.25) is 5.79 Å². The van der Waals surface area contributed by atoms with Crippen molar-refractivity contribution in [1.82, 2.24) is 0 Å². The van der Waals surface area contributed by atoms with Gasteiger partial charge in [-0.15, -0.1) is 0 Å². The number of hydrogen-bond acceptors (Lipinski definition) is 6. The van der Waals surface area contributed by atoms with Gasteiger partial charge >= 0.3 is 11.9 Å². The van der Waals surface area contributed by atoms with Crippen LogP contribution in [0.3, 0.4) is 0 Å². The van der Waals surface area contributed by atoms with Crippen LogP contribution in [0.4, 0.5) is 0 Å². The van der Waals surface area contributed by atoms with E-state index in [4.69, 9.17) is 9.47 Å². The van der Waals surface area contributed by atoms with E-state index >= 15 is 0 Å². The Morgan fingerprint density at radius 1 is 1.18 bits per heavy atom. The average molecular weight is 308 g/mol. The number of hydrogen-bond donors (Lipinski definition) is 1. The van der Waals surface area contributed by atoms with Crippen LogP contribution in [0.15, 0.2) is 55.6 Å². The summed E-state index contributed by atoms with van der Waals surface area (Å²) in [5, 5.41) is 9.78. The van der Waals surface area contributed by atoms with E-state index in [1.54, 1.807) is 24.3 Å². The largest absolute Gasteiger partial charge is 0.466 e. The fourth-order valence-corrected chi connectivity index (χ4v) is 1.12. The second-order valence-corrected chi connectivity index (χ2v) is 4.13. The molecule has 0 aliphatic carbocycles. The lowest BCUT2D eigenvalue weighted by molar-refractivity contribution is -0.176. The Labute approximate surface area is 129 Å². The molecule has 0 aliphatic heterocycles. The van der Waals surface area contributed by atoms with Crippen molar-refractivity contribution in [2.75, 3.05) is 13.7 Å². The second kappa shape index (κ2) is 10.2. The van der Waals surface area contributed by atoms with Crippen molar-refractivity contribution in [3.05, 3.63) is 55.6 Å². The molecule has 0 aliphatic rings. The molecule has 0 radical (unpaired) electrons. The Morgan fingerprint density at radius 3 is 2.14 bits per heavy atom. The van der Waals surface area contributed by atoms with Crippen LogP contribution in [0.5, 0.6) is 5.75 Å². The Morgan fingerprint density at radius 2 is 1.73 bits per heavy atom. The topological polar surface area (TPSA) is 82.1 Å². The number of esters is 2. The third-order valence-electron chi connectivity index (χ3n) is 2.10. The predicted octanol–water partition coefficient (Wildman–Crippen LogP) is 1.85. The summed E-state index contributed by atoms with van der Waals surface area (Å²) in [4.78, 5) is 20.6. The summed E-state index contributed by atoms with van der Waals surface area (Å²) in [7, 11) is 1.31. The van der Waals surface area contributed by atoms with E-state index in [-0.39, 0.29) is 6.61 Å². The summed E-state index contributed by atoms with van der Waals surface area (Å²) in [5.74, 6) is -2.05. The van der Waals surface area contributed by atoms with Gasteiger partial charge in [0.1, 0.15) is 5.75 Å². The molecular formula is C16H20O6. The molecule has 0 aromatic heterocycles. The third kappa shape index (κ3) is 9.33. The van der Waals surface area contributed by atoms with Gasteiger partial charge in [0.25, 0.3) is 0 Å². The number of methoxy groups -OCH3 is 1. The molecule has 0 saturated carbocycles. The molecule has 1 aromatic carbocycles. The Hall–Kier alpha value is -2.60. The lowest BCUT2D eigenvalue weighted by Gasteiger charge is -2.23. The van der Waals surface area contributed by atoms with Gasteiger partial charge in [0.05, 0.1) is 7.11 Å². The van der Waals surface area contributed by atoms with Crippen LogP contribution in [-0.4, -0.2) is 36.5 Å². The summed E-state index contributed by atoms with van der Waals surface area (Å²) in [6, 6.07) is 8.79. The minimum absolute atomic E-state index is 0.257. The van der Waals surface area contributed by atoms with Crippen LogP contribution in [0.25, 0.3) is 0 Å². The molecule has 1 atom stereocenters. The van der Waals surface area contributed by atoms with Crippen LogP contribution < -0.4 is 4.74 Å². The first-order valence-electron chi connectivity index (χ1n) is 6.30. The van der Waals surface area contributed by atoms with Crippen molar-refractivity contribution in [3.63, 3.8) is 0 Å². The minimum Gasteiger partial charge on any atom is -0.466 e. The first-order valence-corrected chi connectivity index (χ1v) is 6.30. The van der Waals surface area contributed by atoms with Crippen molar-refractivity contribution in [3.8, 4) is 5.75 Å². The Kier molecular flexibility index (Phi) is 8.97. The zero-order chi connectivity index (χ0) is 17.0.